The van der Waals surface area contributed by atoms with Crippen LogP contribution in [0.3, 0.4) is 0 Å². The number of benzene rings is 1. The van der Waals surface area contributed by atoms with E-state index in [9.17, 15) is 14.9 Å². The molecule has 1 atom stereocenters. The van der Waals surface area contributed by atoms with Crippen LogP contribution in [-0.4, -0.2) is 42.3 Å². The first-order valence-corrected chi connectivity index (χ1v) is 5.83. The van der Waals surface area contributed by atoms with E-state index in [-0.39, 0.29) is 17.3 Å². The normalized spacial score (nSPS) is 18.3. The number of non-ortho nitro benzene ring substituents is 1. The summed E-state index contributed by atoms with van der Waals surface area (Å²) < 4.78 is 5.25. The van der Waals surface area contributed by atoms with E-state index in [2.05, 4.69) is 0 Å². The van der Waals surface area contributed by atoms with Crippen LogP contribution in [0, 0.1) is 10.1 Å². The van der Waals surface area contributed by atoms with Crippen LogP contribution in [-0.2, 0) is 4.74 Å². The van der Waals surface area contributed by atoms with Crippen molar-refractivity contribution in [2.24, 2.45) is 0 Å². The van der Waals surface area contributed by atoms with Crippen molar-refractivity contribution >= 4 is 17.3 Å². The fourth-order valence-electron chi connectivity index (χ4n) is 2.13. The van der Waals surface area contributed by atoms with Crippen LogP contribution < -0.4 is 4.90 Å². The monoisotopic (exact) mass is 266 g/mol. The average molecular weight is 266 g/mol. The summed E-state index contributed by atoms with van der Waals surface area (Å²) in [4.78, 5) is 23.2. The maximum atomic E-state index is 11.2. The van der Waals surface area contributed by atoms with Crippen molar-refractivity contribution in [3.63, 3.8) is 0 Å². The van der Waals surface area contributed by atoms with Crippen molar-refractivity contribution in [3.8, 4) is 0 Å². The number of carboxylic acids is 1. The zero-order valence-corrected chi connectivity index (χ0v) is 10.4. The number of hydrogen-bond donors (Lipinski definition) is 1. The first-order valence-electron chi connectivity index (χ1n) is 5.83. The van der Waals surface area contributed by atoms with Gasteiger partial charge < -0.3 is 14.7 Å². The van der Waals surface area contributed by atoms with Gasteiger partial charge in [0.05, 0.1) is 28.8 Å². The number of carboxylic acid groups (broad SMARTS) is 1. The highest BCUT2D eigenvalue weighted by molar-refractivity contribution is 5.95. The highest BCUT2D eigenvalue weighted by Gasteiger charge is 2.25. The van der Waals surface area contributed by atoms with E-state index in [0.29, 0.717) is 18.9 Å². The minimum Gasteiger partial charge on any atom is -0.478 e. The molecule has 0 aromatic heterocycles. The molecule has 1 unspecified atom stereocenters. The summed E-state index contributed by atoms with van der Waals surface area (Å²) in [5, 5.41) is 20.0. The van der Waals surface area contributed by atoms with E-state index >= 15 is 0 Å². The summed E-state index contributed by atoms with van der Waals surface area (Å²) in [5.41, 5.74) is 0.281. The number of aromatic carboxylic acids is 1. The predicted molar refractivity (Wildman–Crippen MR) is 67.7 cm³/mol. The Morgan fingerprint density at radius 1 is 1.58 bits per heavy atom. The molecule has 102 valence electrons. The Morgan fingerprint density at radius 2 is 2.32 bits per heavy atom. The summed E-state index contributed by atoms with van der Waals surface area (Å²) in [7, 11) is 1.73. The van der Waals surface area contributed by atoms with Crippen molar-refractivity contribution in [2.75, 3.05) is 25.2 Å². The average Bonchev–Trinajstić information content (AvgIpc) is 2.90. The maximum Gasteiger partial charge on any atom is 0.337 e. The van der Waals surface area contributed by atoms with E-state index in [1.54, 1.807) is 11.9 Å². The van der Waals surface area contributed by atoms with Gasteiger partial charge in [-0.15, -0.1) is 0 Å². The maximum absolute atomic E-state index is 11.2. The van der Waals surface area contributed by atoms with Gasteiger partial charge in [-0.3, -0.25) is 10.1 Å². The number of rotatable bonds is 4. The lowest BCUT2D eigenvalue weighted by Crippen LogP contribution is -2.33. The van der Waals surface area contributed by atoms with Gasteiger partial charge in [-0.2, -0.15) is 0 Å². The van der Waals surface area contributed by atoms with Gasteiger partial charge in [0.1, 0.15) is 0 Å². The van der Waals surface area contributed by atoms with Gasteiger partial charge in [0.2, 0.25) is 0 Å². The number of nitro groups is 1. The number of carbonyl (C=O) groups is 1. The number of nitro benzene ring substituents is 1. The lowest BCUT2D eigenvalue weighted by molar-refractivity contribution is -0.384. The molecule has 2 rings (SSSR count). The second kappa shape index (κ2) is 5.23. The van der Waals surface area contributed by atoms with Gasteiger partial charge in [0.25, 0.3) is 5.69 Å². The molecule has 1 heterocycles. The summed E-state index contributed by atoms with van der Waals surface area (Å²) in [6.07, 6.45) is 0.776. The van der Waals surface area contributed by atoms with Gasteiger partial charge in [0.15, 0.2) is 0 Å². The smallest absolute Gasteiger partial charge is 0.337 e. The van der Waals surface area contributed by atoms with E-state index in [1.807, 2.05) is 0 Å². The van der Waals surface area contributed by atoms with Gasteiger partial charge in [0, 0.05) is 25.8 Å². The molecule has 0 radical (unpaired) electrons. The van der Waals surface area contributed by atoms with Crippen molar-refractivity contribution in [1.82, 2.24) is 0 Å². The molecule has 1 aromatic carbocycles. The molecular formula is C12H14N2O5. The van der Waals surface area contributed by atoms with Crippen LogP contribution in [0.5, 0.6) is 0 Å². The molecule has 0 bridgehead atoms. The van der Waals surface area contributed by atoms with Crippen molar-refractivity contribution < 1.29 is 19.6 Å². The third-order valence-electron chi connectivity index (χ3n) is 3.26. The fourth-order valence-corrected chi connectivity index (χ4v) is 2.13. The Labute approximate surface area is 109 Å². The third-order valence-corrected chi connectivity index (χ3v) is 3.26. The minimum absolute atomic E-state index is 0.0418. The molecule has 1 N–H and O–H groups in total. The summed E-state index contributed by atoms with van der Waals surface area (Å²) in [5.74, 6) is -1.10. The summed E-state index contributed by atoms with van der Waals surface area (Å²) >= 11 is 0. The zero-order chi connectivity index (χ0) is 14.0. The molecule has 0 saturated carbocycles. The second-order valence-electron chi connectivity index (χ2n) is 4.39. The first kappa shape index (κ1) is 13.3. The summed E-state index contributed by atoms with van der Waals surface area (Å²) in [6, 6.07) is 3.80. The molecule has 7 heteroatoms. The Balaban J connectivity index is 2.41. The van der Waals surface area contributed by atoms with E-state index in [1.165, 1.54) is 18.2 Å². The molecule has 1 aliphatic rings. The number of anilines is 1. The predicted octanol–water partition coefficient (Wildman–Crippen LogP) is 1.52. The highest BCUT2D eigenvalue weighted by atomic mass is 16.6. The number of nitrogens with zero attached hydrogens (tertiary/aromatic N) is 2. The fraction of sp³-hybridized carbons (Fsp3) is 0.417. The molecule has 1 aliphatic heterocycles. The number of ether oxygens (including phenoxy) is 1. The van der Waals surface area contributed by atoms with E-state index in [4.69, 9.17) is 9.84 Å². The Bertz CT molecular complexity index is 511. The van der Waals surface area contributed by atoms with Crippen LogP contribution >= 0.6 is 0 Å². The highest BCUT2D eigenvalue weighted by Crippen LogP contribution is 2.28. The third kappa shape index (κ3) is 2.65. The van der Waals surface area contributed by atoms with Crippen molar-refractivity contribution in [2.45, 2.75) is 12.5 Å². The SMILES string of the molecule is CN(c1cc([N+](=O)[O-])ccc1C(=O)O)C1CCOC1. The standard InChI is InChI=1S/C12H14N2O5/c1-13(9-4-5-19-7-9)11-6-8(14(17)18)2-3-10(11)12(15)16/h2-3,6,9H,4-5,7H2,1H3,(H,15,16). The Kier molecular flexibility index (Phi) is 3.66. The largest absolute Gasteiger partial charge is 0.478 e. The van der Waals surface area contributed by atoms with Crippen LogP contribution in [0.25, 0.3) is 0 Å². The van der Waals surface area contributed by atoms with Gasteiger partial charge in [-0.1, -0.05) is 0 Å². The Hall–Kier alpha value is -2.15. The van der Waals surface area contributed by atoms with Gasteiger partial charge in [-0.05, 0) is 12.5 Å². The van der Waals surface area contributed by atoms with E-state index < -0.39 is 10.9 Å². The van der Waals surface area contributed by atoms with Crippen LogP contribution in [0.4, 0.5) is 11.4 Å². The summed E-state index contributed by atoms with van der Waals surface area (Å²) in [6.45, 7) is 1.12. The number of hydrogen-bond acceptors (Lipinski definition) is 5. The van der Waals surface area contributed by atoms with E-state index in [0.717, 1.165) is 6.42 Å². The molecule has 0 aliphatic carbocycles. The topological polar surface area (TPSA) is 92.9 Å². The zero-order valence-electron chi connectivity index (χ0n) is 10.4. The molecule has 7 nitrogen and oxygen atoms in total. The Morgan fingerprint density at radius 3 is 2.84 bits per heavy atom. The van der Waals surface area contributed by atoms with Crippen LogP contribution in [0.1, 0.15) is 16.8 Å². The van der Waals surface area contributed by atoms with Crippen molar-refractivity contribution in [3.05, 3.63) is 33.9 Å². The molecule has 0 amide bonds. The van der Waals surface area contributed by atoms with Crippen LogP contribution in [0.2, 0.25) is 0 Å². The molecule has 19 heavy (non-hydrogen) atoms. The molecule has 1 saturated heterocycles. The molecular weight excluding hydrogens is 252 g/mol. The lowest BCUT2D eigenvalue weighted by Gasteiger charge is -2.26. The van der Waals surface area contributed by atoms with Gasteiger partial charge in [-0.25, -0.2) is 4.79 Å². The minimum atomic E-state index is -1.10. The lowest BCUT2D eigenvalue weighted by atomic mass is 10.1. The second-order valence-corrected chi connectivity index (χ2v) is 4.39. The number of likely N-dealkylation sites (N-methyl/N-ethyl adjacent to an activating group) is 1. The quantitative estimate of drug-likeness (QED) is 0.656. The first-order chi connectivity index (χ1) is 9.00. The molecule has 1 fully saturated rings. The molecule has 1 aromatic rings. The molecule has 0 spiro atoms. The van der Waals surface area contributed by atoms with Crippen LogP contribution in [0.15, 0.2) is 18.2 Å². The van der Waals surface area contributed by atoms with Gasteiger partial charge >= 0.3 is 5.97 Å². The van der Waals surface area contributed by atoms with Crippen molar-refractivity contribution in [1.29, 1.82) is 0 Å².